The third kappa shape index (κ3) is 3.75. The number of hydrogen-bond donors (Lipinski definition) is 0. The number of esters is 1. The van der Waals surface area contributed by atoms with Gasteiger partial charge in [0.2, 0.25) is 5.91 Å². The Morgan fingerprint density at radius 2 is 1.82 bits per heavy atom. The van der Waals surface area contributed by atoms with Crippen LogP contribution >= 0.6 is 0 Å². The summed E-state index contributed by atoms with van der Waals surface area (Å²) in [5, 5.41) is 0. The normalized spacial score (nSPS) is 13.6. The molecule has 0 unspecified atom stereocenters. The first-order valence-electron chi connectivity index (χ1n) is 9.88. The summed E-state index contributed by atoms with van der Waals surface area (Å²) in [7, 11) is 0. The first-order valence-corrected chi connectivity index (χ1v) is 9.88. The quantitative estimate of drug-likeness (QED) is 0.584. The molecule has 0 saturated heterocycles. The standard InChI is InChI=1S/C23H28N2O3/c1-5-25-16(3)20(22(17(25)4)23(27)28-6-2)11-12-21(26)24-14-13-18-9-7-8-10-19(18)15-24/h7-12H,5-6,13-15H2,1-4H3/b12-11+. The molecular weight excluding hydrogens is 352 g/mol. The number of rotatable bonds is 5. The van der Waals surface area contributed by atoms with Crippen molar-refractivity contribution in [2.24, 2.45) is 0 Å². The summed E-state index contributed by atoms with van der Waals surface area (Å²) in [6, 6.07) is 8.24. The molecule has 3 rings (SSSR count). The topological polar surface area (TPSA) is 51.5 Å². The van der Waals surface area contributed by atoms with Gasteiger partial charge in [0.05, 0.1) is 12.2 Å². The molecule has 0 bridgehead atoms. The van der Waals surface area contributed by atoms with Crippen LogP contribution in [0.5, 0.6) is 0 Å². The molecule has 1 aromatic heterocycles. The molecule has 1 aliphatic rings. The van der Waals surface area contributed by atoms with Crippen LogP contribution < -0.4 is 0 Å². The van der Waals surface area contributed by atoms with E-state index >= 15 is 0 Å². The second-order valence-electron chi connectivity index (χ2n) is 7.04. The van der Waals surface area contributed by atoms with E-state index < -0.39 is 0 Å². The minimum absolute atomic E-state index is 0.0365. The highest BCUT2D eigenvalue weighted by molar-refractivity contribution is 5.98. The number of fused-ring (bicyclic) bond motifs is 1. The van der Waals surface area contributed by atoms with Crippen LogP contribution in [0.25, 0.3) is 6.08 Å². The van der Waals surface area contributed by atoms with Gasteiger partial charge in [-0.1, -0.05) is 24.3 Å². The molecule has 5 heteroatoms. The molecule has 0 fully saturated rings. The summed E-state index contributed by atoms with van der Waals surface area (Å²) in [4.78, 5) is 27.1. The van der Waals surface area contributed by atoms with Crippen molar-refractivity contribution in [1.82, 2.24) is 9.47 Å². The Balaban J connectivity index is 1.86. The molecule has 1 amide bonds. The molecule has 0 N–H and O–H groups in total. The van der Waals surface area contributed by atoms with Gasteiger partial charge in [-0.15, -0.1) is 0 Å². The third-order valence-electron chi connectivity index (χ3n) is 5.46. The highest BCUT2D eigenvalue weighted by Crippen LogP contribution is 2.25. The number of ether oxygens (including phenoxy) is 1. The molecule has 28 heavy (non-hydrogen) atoms. The Labute approximate surface area is 166 Å². The van der Waals surface area contributed by atoms with Gasteiger partial charge in [0.1, 0.15) is 0 Å². The predicted octanol–water partition coefficient (Wildman–Crippen LogP) is 3.90. The van der Waals surface area contributed by atoms with Gasteiger partial charge in [-0.2, -0.15) is 0 Å². The molecule has 1 aromatic carbocycles. The third-order valence-corrected chi connectivity index (χ3v) is 5.46. The van der Waals surface area contributed by atoms with E-state index in [-0.39, 0.29) is 11.9 Å². The number of hydrogen-bond acceptors (Lipinski definition) is 3. The summed E-state index contributed by atoms with van der Waals surface area (Å²) >= 11 is 0. The Morgan fingerprint density at radius 1 is 1.11 bits per heavy atom. The largest absolute Gasteiger partial charge is 0.462 e. The first-order chi connectivity index (χ1) is 13.5. The van der Waals surface area contributed by atoms with Gasteiger partial charge in [-0.25, -0.2) is 4.79 Å². The summed E-state index contributed by atoms with van der Waals surface area (Å²) in [6.45, 7) is 10.1. The second-order valence-corrected chi connectivity index (χ2v) is 7.04. The molecule has 0 saturated carbocycles. The summed E-state index contributed by atoms with van der Waals surface area (Å²) < 4.78 is 7.32. The minimum Gasteiger partial charge on any atom is -0.462 e. The molecule has 148 valence electrons. The van der Waals surface area contributed by atoms with Crippen LogP contribution in [0.3, 0.4) is 0 Å². The van der Waals surface area contributed by atoms with Crippen LogP contribution in [0.4, 0.5) is 0 Å². The van der Waals surface area contributed by atoms with Crippen molar-refractivity contribution in [2.45, 2.75) is 47.2 Å². The molecule has 2 heterocycles. The zero-order valence-electron chi connectivity index (χ0n) is 17.1. The van der Waals surface area contributed by atoms with E-state index in [1.165, 1.54) is 11.1 Å². The Kier molecular flexibility index (Phi) is 6.02. The van der Waals surface area contributed by atoms with Crippen LogP contribution in [0.1, 0.15) is 52.3 Å². The fraction of sp³-hybridized carbons (Fsp3) is 0.391. The number of nitrogens with zero attached hydrogens (tertiary/aromatic N) is 2. The number of amides is 1. The maximum absolute atomic E-state index is 12.8. The maximum Gasteiger partial charge on any atom is 0.340 e. The van der Waals surface area contributed by atoms with Crippen LogP contribution in [0.2, 0.25) is 0 Å². The average molecular weight is 380 g/mol. The van der Waals surface area contributed by atoms with Gasteiger partial charge in [0.25, 0.3) is 0 Å². The van der Waals surface area contributed by atoms with E-state index in [1.54, 1.807) is 19.1 Å². The zero-order chi connectivity index (χ0) is 20.3. The molecule has 0 radical (unpaired) electrons. The number of carbonyl (C=O) groups excluding carboxylic acids is 2. The Bertz CT molecular complexity index is 924. The van der Waals surface area contributed by atoms with E-state index in [4.69, 9.17) is 4.74 Å². The highest BCUT2D eigenvalue weighted by atomic mass is 16.5. The van der Waals surface area contributed by atoms with E-state index in [0.29, 0.717) is 25.3 Å². The lowest BCUT2D eigenvalue weighted by Gasteiger charge is -2.27. The SMILES string of the molecule is CCOC(=O)c1c(/C=C/C(=O)N2CCc3ccccc3C2)c(C)n(CC)c1C. The Hall–Kier alpha value is -2.82. The van der Waals surface area contributed by atoms with Crippen LogP contribution in [0, 0.1) is 13.8 Å². The first kappa shape index (κ1) is 19.9. The monoisotopic (exact) mass is 380 g/mol. The van der Waals surface area contributed by atoms with E-state index in [1.807, 2.05) is 37.8 Å². The lowest BCUT2D eigenvalue weighted by molar-refractivity contribution is -0.126. The second kappa shape index (κ2) is 8.46. The minimum atomic E-state index is -0.339. The molecule has 0 atom stereocenters. The van der Waals surface area contributed by atoms with Crippen molar-refractivity contribution in [2.75, 3.05) is 13.2 Å². The zero-order valence-corrected chi connectivity index (χ0v) is 17.1. The molecule has 5 nitrogen and oxygen atoms in total. The molecule has 0 aliphatic carbocycles. The summed E-state index contributed by atoms with van der Waals surface area (Å²) in [5.74, 6) is -0.375. The van der Waals surface area contributed by atoms with Crippen molar-refractivity contribution >= 4 is 18.0 Å². The van der Waals surface area contributed by atoms with E-state index in [9.17, 15) is 9.59 Å². The fourth-order valence-corrected chi connectivity index (χ4v) is 3.99. The lowest BCUT2D eigenvalue weighted by Crippen LogP contribution is -2.34. The van der Waals surface area contributed by atoms with Crippen molar-refractivity contribution in [3.8, 4) is 0 Å². The highest BCUT2D eigenvalue weighted by Gasteiger charge is 2.23. The average Bonchev–Trinajstić information content (AvgIpc) is 2.94. The fourth-order valence-electron chi connectivity index (χ4n) is 3.99. The van der Waals surface area contributed by atoms with Gasteiger partial charge in [-0.05, 0) is 51.3 Å². The number of aromatic nitrogens is 1. The lowest BCUT2D eigenvalue weighted by atomic mass is 10.00. The number of benzene rings is 1. The van der Waals surface area contributed by atoms with Gasteiger partial charge in [0, 0.05) is 42.7 Å². The summed E-state index contributed by atoms with van der Waals surface area (Å²) in [5.41, 5.74) is 5.67. The van der Waals surface area contributed by atoms with Crippen molar-refractivity contribution in [3.05, 3.63) is 64.0 Å². The number of carbonyl (C=O) groups is 2. The van der Waals surface area contributed by atoms with Gasteiger partial charge in [0.15, 0.2) is 0 Å². The van der Waals surface area contributed by atoms with Gasteiger partial charge >= 0.3 is 5.97 Å². The van der Waals surface area contributed by atoms with Gasteiger partial charge in [-0.3, -0.25) is 4.79 Å². The van der Waals surface area contributed by atoms with Gasteiger partial charge < -0.3 is 14.2 Å². The Morgan fingerprint density at radius 3 is 2.50 bits per heavy atom. The maximum atomic E-state index is 12.8. The van der Waals surface area contributed by atoms with Crippen molar-refractivity contribution in [1.29, 1.82) is 0 Å². The van der Waals surface area contributed by atoms with Crippen molar-refractivity contribution < 1.29 is 14.3 Å². The summed E-state index contributed by atoms with van der Waals surface area (Å²) in [6.07, 6.45) is 4.22. The van der Waals surface area contributed by atoms with Crippen molar-refractivity contribution in [3.63, 3.8) is 0 Å². The van der Waals surface area contributed by atoms with Crippen LogP contribution in [-0.2, 0) is 29.0 Å². The molecule has 0 spiro atoms. The predicted molar refractivity (Wildman–Crippen MR) is 110 cm³/mol. The smallest absolute Gasteiger partial charge is 0.340 e. The van der Waals surface area contributed by atoms with Crippen LogP contribution in [0.15, 0.2) is 30.3 Å². The molecule has 2 aromatic rings. The molecule has 1 aliphatic heterocycles. The van der Waals surface area contributed by atoms with E-state index in [2.05, 4.69) is 16.7 Å². The van der Waals surface area contributed by atoms with Crippen LogP contribution in [-0.4, -0.2) is 34.5 Å². The molecular formula is C23H28N2O3. The van der Waals surface area contributed by atoms with E-state index in [0.717, 1.165) is 29.9 Å².